The van der Waals surface area contributed by atoms with Gasteiger partial charge in [0.15, 0.2) is 0 Å². The Hall–Kier alpha value is -0.940. The molecule has 0 nitrogen and oxygen atoms in total. The van der Waals surface area contributed by atoms with E-state index in [-0.39, 0.29) is 5.57 Å². The fourth-order valence-electron chi connectivity index (χ4n) is 1.58. The van der Waals surface area contributed by atoms with Crippen molar-refractivity contribution in [2.45, 2.75) is 25.7 Å². The Balaban J connectivity index is 3.18. The minimum Gasteiger partial charge on any atom is -0.170 e. The standard InChI is InChI=1S/C9H8F6/c1-5-3-2-4-6(8(10,11)12)7(5)9(13,14)15/h2-3,6H,4H2,1H3. The van der Waals surface area contributed by atoms with Crippen molar-refractivity contribution in [2.75, 3.05) is 0 Å². The van der Waals surface area contributed by atoms with Gasteiger partial charge < -0.3 is 0 Å². The summed E-state index contributed by atoms with van der Waals surface area (Å²) in [7, 11) is 0. The van der Waals surface area contributed by atoms with Gasteiger partial charge in [0.25, 0.3) is 0 Å². The van der Waals surface area contributed by atoms with Crippen molar-refractivity contribution in [1.82, 2.24) is 0 Å². The third-order valence-electron chi connectivity index (χ3n) is 2.21. The van der Waals surface area contributed by atoms with Crippen molar-refractivity contribution < 1.29 is 26.3 Å². The van der Waals surface area contributed by atoms with Gasteiger partial charge in [-0.2, -0.15) is 26.3 Å². The Bertz CT molecular complexity index is 304. The molecule has 0 bridgehead atoms. The molecule has 0 N–H and O–H groups in total. The SMILES string of the molecule is CC1=C(C(F)(F)F)C(C(F)(F)F)CC=C1. The third kappa shape index (κ3) is 2.54. The molecule has 1 aliphatic carbocycles. The van der Waals surface area contributed by atoms with E-state index >= 15 is 0 Å². The lowest BCUT2D eigenvalue weighted by atomic mass is 9.86. The molecule has 0 amide bonds. The molecule has 0 aliphatic heterocycles. The first kappa shape index (κ1) is 12.1. The van der Waals surface area contributed by atoms with Gasteiger partial charge in [-0.15, -0.1) is 0 Å². The number of alkyl halides is 6. The predicted molar refractivity (Wildman–Crippen MR) is 42.1 cm³/mol. The van der Waals surface area contributed by atoms with Crippen LogP contribution in [0, 0.1) is 5.92 Å². The zero-order valence-electron chi connectivity index (χ0n) is 7.71. The average molecular weight is 230 g/mol. The van der Waals surface area contributed by atoms with Crippen LogP contribution in [0.3, 0.4) is 0 Å². The van der Waals surface area contributed by atoms with E-state index in [1.165, 1.54) is 0 Å². The maximum atomic E-state index is 12.4. The highest BCUT2D eigenvalue weighted by Crippen LogP contribution is 2.45. The van der Waals surface area contributed by atoms with Crippen LogP contribution in [-0.2, 0) is 0 Å². The van der Waals surface area contributed by atoms with E-state index in [4.69, 9.17) is 0 Å². The quantitative estimate of drug-likeness (QED) is 0.551. The minimum atomic E-state index is -4.92. The van der Waals surface area contributed by atoms with Gasteiger partial charge in [-0.05, 0) is 18.9 Å². The monoisotopic (exact) mass is 230 g/mol. The summed E-state index contributed by atoms with van der Waals surface area (Å²) in [6.45, 7) is 1.04. The molecule has 0 aromatic rings. The molecular formula is C9H8F6. The molecule has 1 unspecified atom stereocenters. The highest BCUT2D eigenvalue weighted by molar-refractivity contribution is 5.33. The first-order chi connectivity index (χ1) is 6.64. The Kier molecular flexibility index (Phi) is 2.89. The number of rotatable bonds is 0. The highest BCUT2D eigenvalue weighted by atomic mass is 19.4. The van der Waals surface area contributed by atoms with Crippen LogP contribution in [0.1, 0.15) is 13.3 Å². The van der Waals surface area contributed by atoms with Gasteiger partial charge in [-0.3, -0.25) is 0 Å². The molecule has 86 valence electrons. The molecule has 0 spiro atoms. The minimum absolute atomic E-state index is 0.365. The molecular weight excluding hydrogens is 222 g/mol. The van der Waals surface area contributed by atoms with Crippen molar-refractivity contribution in [3.05, 3.63) is 23.3 Å². The first-order valence-electron chi connectivity index (χ1n) is 4.15. The van der Waals surface area contributed by atoms with Crippen LogP contribution in [0.25, 0.3) is 0 Å². The van der Waals surface area contributed by atoms with Crippen LogP contribution >= 0.6 is 0 Å². The molecule has 0 radical (unpaired) electrons. The van der Waals surface area contributed by atoms with Gasteiger partial charge in [-0.25, -0.2) is 0 Å². The zero-order chi connectivity index (χ0) is 11.9. The van der Waals surface area contributed by atoms with Gasteiger partial charge >= 0.3 is 12.4 Å². The van der Waals surface area contributed by atoms with Crippen molar-refractivity contribution in [1.29, 1.82) is 0 Å². The summed E-state index contributed by atoms with van der Waals surface area (Å²) < 4.78 is 74.1. The maximum absolute atomic E-state index is 12.4. The Morgan fingerprint density at radius 2 is 1.67 bits per heavy atom. The lowest BCUT2D eigenvalue weighted by molar-refractivity contribution is -0.186. The summed E-state index contributed by atoms with van der Waals surface area (Å²) in [5.41, 5.74) is -1.84. The molecule has 15 heavy (non-hydrogen) atoms. The van der Waals surface area contributed by atoms with Gasteiger partial charge in [-0.1, -0.05) is 12.2 Å². The highest BCUT2D eigenvalue weighted by Gasteiger charge is 2.51. The molecule has 1 aliphatic rings. The fraction of sp³-hybridized carbons (Fsp3) is 0.556. The van der Waals surface area contributed by atoms with Crippen LogP contribution in [0.4, 0.5) is 26.3 Å². The second-order valence-electron chi connectivity index (χ2n) is 3.33. The van der Waals surface area contributed by atoms with Gasteiger partial charge in [0.2, 0.25) is 0 Å². The largest absolute Gasteiger partial charge is 0.413 e. The summed E-state index contributed by atoms with van der Waals surface area (Å²) in [6, 6.07) is 0. The number of halogens is 6. The second kappa shape index (κ2) is 3.57. The van der Waals surface area contributed by atoms with Crippen LogP contribution in [0.15, 0.2) is 23.3 Å². The predicted octanol–water partition coefficient (Wildman–Crippen LogP) is 4.00. The molecule has 6 heteroatoms. The van der Waals surface area contributed by atoms with E-state index in [2.05, 4.69) is 0 Å². The summed E-state index contributed by atoms with van der Waals surface area (Å²) in [4.78, 5) is 0. The van der Waals surface area contributed by atoms with Crippen LogP contribution in [-0.4, -0.2) is 12.4 Å². The second-order valence-corrected chi connectivity index (χ2v) is 3.33. The molecule has 1 rings (SSSR count). The summed E-state index contributed by atoms with van der Waals surface area (Å²) in [5.74, 6) is -2.43. The van der Waals surface area contributed by atoms with Crippen LogP contribution in [0.2, 0.25) is 0 Å². The summed E-state index contributed by atoms with van der Waals surface area (Å²) in [6.07, 6.45) is -8.23. The Morgan fingerprint density at radius 1 is 1.13 bits per heavy atom. The first-order valence-corrected chi connectivity index (χ1v) is 4.15. The van der Waals surface area contributed by atoms with Crippen molar-refractivity contribution >= 4 is 0 Å². The van der Waals surface area contributed by atoms with E-state index in [0.717, 1.165) is 19.1 Å². The van der Waals surface area contributed by atoms with Gasteiger partial charge in [0.05, 0.1) is 5.92 Å². The molecule has 0 saturated carbocycles. The molecule has 0 heterocycles. The normalized spacial score (nSPS) is 23.5. The van der Waals surface area contributed by atoms with E-state index < -0.39 is 30.3 Å². The summed E-state index contributed by atoms with van der Waals surface area (Å²) in [5, 5.41) is 0. The summed E-state index contributed by atoms with van der Waals surface area (Å²) >= 11 is 0. The number of hydrogen-bond acceptors (Lipinski definition) is 0. The molecule has 0 saturated heterocycles. The van der Waals surface area contributed by atoms with E-state index in [1.807, 2.05) is 0 Å². The lowest BCUT2D eigenvalue weighted by Gasteiger charge is -2.27. The van der Waals surface area contributed by atoms with E-state index in [0.29, 0.717) is 0 Å². The maximum Gasteiger partial charge on any atom is 0.413 e. The average Bonchev–Trinajstić information content (AvgIpc) is 1.99. The van der Waals surface area contributed by atoms with Gasteiger partial charge in [0, 0.05) is 5.57 Å². The molecule has 0 aromatic heterocycles. The molecule has 0 fully saturated rings. The van der Waals surface area contributed by atoms with E-state index in [9.17, 15) is 26.3 Å². The van der Waals surface area contributed by atoms with Crippen molar-refractivity contribution in [3.8, 4) is 0 Å². The zero-order valence-corrected chi connectivity index (χ0v) is 7.71. The third-order valence-corrected chi connectivity index (χ3v) is 2.21. The van der Waals surface area contributed by atoms with Crippen molar-refractivity contribution in [2.24, 2.45) is 5.92 Å². The Morgan fingerprint density at radius 3 is 2.00 bits per heavy atom. The van der Waals surface area contributed by atoms with E-state index in [1.54, 1.807) is 0 Å². The van der Waals surface area contributed by atoms with Crippen molar-refractivity contribution in [3.63, 3.8) is 0 Å². The smallest absolute Gasteiger partial charge is 0.170 e. The molecule has 1 atom stereocenters. The van der Waals surface area contributed by atoms with Crippen LogP contribution in [0.5, 0.6) is 0 Å². The Labute approximate surface area is 82.3 Å². The molecule has 0 aromatic carbocycles. The topological polar surface area (TPSA) is 0 Å². The number of allylic oxidation sites excluding steroid dienone is 4. The number of hydrogen-bond donors (Lipinski definition) is 0. The van der Waals surface area contributed by atoms with Crippen LogP contribution < -0.4 is 0 Å². The fourth-order valence-corrected chi connectivity index (χ4v) is 1.58. The lowest BCUT2D eigenvalue weighted by Crippen LogP contribution is -2.33. The van der Waals surface area contributed by atoms with Gasteiger partial charge in [0.1, 0.15) is 0 Å².